The van der Waals surface area contributed by atoms with Gasteiger partial charge in [-0.15, -0.1) is 0 Å². The maximum atomic E-state index is 12.2. The van der Waals surface area contributed by atoms with Gasteiger partial charge in [0.2, 0.25) is 5.91 Å². The molecule has 0 radical (unpaired) electrons. The largest absolute Gasteiger partial charge is 0.480 e. The van der Waals surface area contributed by atoms with Crippen LogP contribution in [-0.2, 0) is 16.0 Å². The van der Waals surface area contributed by atoms with Crippen molar-refractivity contribution >= 4 is 11.9 Å². The summed E-state index contributed by atoms with van der Waals surface area (Å²) in [6, 6.07) is 9.26. The molecule has 0 bridgehead atoms. The summed E-state index contributed by atoms with van der Waals surface area (Å²) < 4.78 is 0. The number of hydrogen-bond acceptors (Lipinski definition) is 3. The van der Waals surface area contributed by atoms with Gasteiger partial charge in [-0.2, -0.15) is 0 Å². The molecule has 0 unspecified atom stereocenters. The number of rotatable bonds is 7. The summed E-state index contributed by atoms with van der Waals surface area (Å²) in [5, 5.41) is 8.86. The Kier molecular flexibility index (Phi) is 4.74. The van der Waals surface area contributed by atoms with Crippen LogP contribution in [0.1, 0.15) is 24.8 Å². The highest BCUT2D eigenvalue weighted by atomic mass is 16.4. The van der Waals surface area contributed by atoms with Crippen LogP contribution in [0.5, 0.6) is 0 Å². The van der Waals surface area contributed by atoms with Crippen molar-refractivity contribution in [2.24, 2.45) is 5.73 Å². The Morgan fingerprint density at radius 1 is 1.30 bits per heavy atom. The second-order valence-corrected chi connectivity index (χ2v) is 5.22. The van der Waals surface area contributed by atoms with E-state index in [1.165, 1.54) is 4.90 Å². The van der Waals surface area contributed by atoms with Crippen LogP contribution in [0.15, 0.2) is 30.3 Å². The molecular formula is C15H20N2O3. The number of aryl methyl sites for hydroxylation is 1. The second kappa shape index (κ2) is 6.52. The normalized spacial score (nSPS) is 15.7. The molecule has 20 heavy (non-hydrogen) atoms. The summed E-state index contributed by atoms with van der Waals surface area (Å²) in [7, 11) is 0. The predicted octanol–water partition coefficient (Wildman–Crippen LogP) is 1.02. The summed E-state index contributed by atoms with van der Waals surface area (Å²) in [6.07, 6.45) is 3.01. The molecule has 0 saturated heterocycles. The third-order valence-electron chi connectivity index (χ3n) is 3.48. The first kappa shape index (κ1) is 14.5. The Hall–Kier alpha value is -1.88. The van der Waals surface area contributed by atoms with Gasteiger partial charge in [0.15, 0.2) is 0 Å². The molecule has 1 aliphatic rings. The average Bonchev–Trinajstić information content (AvgIpc) is 3.27. The van der Waals surface area contributed by atoms with E-state index in [1.54, 1.807) is 0 Å². The minimum Gasteiger partial charge on any atom is -0.480 e. The molecule has 108 valence electrons. The SMILES string of the molecule is N[C@@H](CCc1ccccc1)C(=O)N(CC(=O)O)C1CC1. The van der Waals surface area contributed by atoms with Crippen LogP contribution in [0.3, 0.4) is 0 Å². The number of amides is 1. The van der Waals surface area contributed by atoms with Gasteiger partial charge in [0, 0.05) is 6.04 Å². The van der Waals surface area contributed by atoms with Crippen LogP contribution < -0.4 is 5.73 Å². The van der Waals surface area contributed by atoms with Gasteiger partial charge in [-0.25, -0.2) is 0 Å². The molecule has 5 heteroatoms. The van der Waals surface area contributed by atoms with Gasteiger partial charge in [-0.3, -0.25) is 9.59 Å². The third-order valence-corrected chi connectivity index (χ3v) is 3.48. The Morgan fingerprint density at radius 3 is 2.50 bits per heavy atom. The molecule has 0 heterocycles. The highest BCUT2D eigenvalue weighted by Gasteiger charge is 2.35. The van der Waals surface area contributed by atoms with E-state index >= 15 is 0 Å². The fraction of sp³-hybridized carbons (Fsp3) is 0.467. The fourth-order valence-corrected chi connectivity index (χ4v) is 2.22. The molecule has 1 fully saturated rings. The lowest BCUT2D eigenvalue weighted by atomic mass is 10.0. The molecule has 5 nitrogen and oxygen atoms in total. The third kappa shape index (κ3) is 4.06. The first-order valence-corrected chi connectivity index (χ1v) is 6.89. The Morgan fingerprint density at radius 2 is 1.95 bits per heavy atom. The number of nitrogens with two attached hydrogens (primary N) is 1. The molecule has 1 saturated carbocycles. The lowest BCUT2D eigenvalue weighted by Gasteiger charge is -2.23. The van der Waals surface area contributed by atoms with Crippen LogP contribution in [0.25, 0.3) is 0 Å². The van der Waals surface area contributed by atoms with Gasteiger partial charge >= 0.3 is 5.97 Å². The second-order valence-electron chi connectivity index (χ2n) is 5.22. The van der Waals surface area contributed by atoms with Crippen molar-refractivity contribution in [2.75, 3.05) is 6.54 Å². The molecule has 1 atom stereocenters. The molecule has 3 N–H and O–H groups in total. The number of aliphatic carboxylic acids is 1. The van der Waals surface area contributed by atoms with E-state index in [9.17, 15) is 9.59 Å². The number of carbonyl (C=O) groups is 2. The van der Waals surface area contributed by atoms with Gasteiger partial charge in [-0.1, -0.05) is 30.3 Å². The topological polar surface area (TPSA) is 83.6 Å². The van der Waals surface area contributed by atoms with Crippen molar-refractivity contribution in [2.45, 2.75) is 37.8 Å². The minimum absolute atomic E-state index is 0.0707. The first-order chi connectivity index (χ1) is 9.58. The van der Waals surface area contributed by atoms with Crippen molar-refractivity contribution in [1.29, 1.82) is 0 Å². The highest BCUT2D eigenvalue weighted by Crippen LogP contribution is 2.27. The van der Waals surface area contributed by atoms with E-state index in [0.717, 1.165) is 24.8 Å². The number of hydrogen-bond donors (Lipinski definition) is 2. The van der Waals surface area contributed by atoms with Crippen LogP contribution in [0.2, 0.25) is 0 Å². The lowest BCUT2D eigenvalue weighted by Crippen LogP contribution is -2.47. The number of benzene rings is 1. The Labute approximate surface area is 118 Å². The van der Waals surface area contributed by atoms with E-state index in [2.05, 4.69) is 0 Å². The van der Waals surface area contributed by atoms with Crippen LogP contribution in [0, 0.1) is 0 Å². The van der Waals surface area contributed by atoms with E-state index in [-0.39, 0.29) is 18.5 Å². The van der Waals surface area contributed by atoms with Crippen LogP contribution in [-0.4, -0.2) is 40.5 Å². The summed E-state index contributed by atoms with van der Waals surface area (Å²) in [5.41, 5.74) is 7.05. The maximum absolute atomic E-state index is 12.2. The highest BCUT2D eigenvalue weighted by molar-refractivity contribution is 5.85. The maximum Gasteiger partial charge on any atom is 0.323 e. The van der Waals surface area contributed by atoms with E-state index in [4.69, 9.17) is 10.8 Å². The molecule has 0 aromatic heterocycles. The molecule has 1 aliphatic carbocycles. The Balaban J connectivity index is 1.88. The zero-order chi connectivity index (χ0) is 14.5. The number of carboxylic acid groups (broad SMARTS) is 1. The quantitative estimate of drug-likeness (QED) is 0.779. The van der Waals surface area contributed by atoms with Crippen molar-refractivity contribution in [1.82, 2.24) is 4.90 Å². The van der Waals surface area contributed by atoms with E-state index < -0.39 is 12.0 Å². The number of carboxylic acids is 1. The summed E-state index contributed by atoms with van der Waals surface area (Å²) in [4.78, 5) is 24.4. The lowest BCUT2D eigenvalue weighted by molar-refractivity contribution is -0.145. The molecule has 0 aliphatic heterocycles. The Bertz CT molecular complexity index is 471. The fourth-order valence-electron chi connectivity index (χ4n) is 2.22. The van der Waals surface area contributed by atoms with Gasteiger partial charge in [0.25, 0.3) is 0 Å². The van der Waals surface area contributed by atoms with Gasteiger partial charge in [0.05, 0.1) is 6.04 Å². The zero-order valence-corrected chi connectivity index (χ0v) is 11.4. The summed E-state index contributed by atoms with van der Waals surface area (Å²) >= 11 is 0. The molecule has 1 aromatic carbocycles. The van der Waals surface area contributed by atoms with Crippen LogP contribution >= 0.6 is 0 Å². The zero-order valence-electron chi connectivity index (χ0n) is 11.4. The molecular weight excluding hydrogens is 256 g/mol. The van der Waals surface area contributed by atoms with Crippen molar-refractivity contribution in [3.8, 4) is 0 Å². The molecule has 1 amide bonds. The minimum atomic E-state index is -0.986. The summed E-state index contributed by atoms with van der Waals surface area (Å²) in [6.45, 7) is -0.247. The average molecular weight is 276 g/mol. The molecule has 1 aromatic rings. The van der Waals surface area contributed by atoms with E-state index in [0.29, 0.717) is 6.42 Å². The van der Waals surface area contributed by atoms with Crippen molar-refractivity contribution in [3.05, 3.63) is 35.9 Å². The first-order valence-electron chi connectivity index (χ1n) is 6.89. The van der Waals surface area contributed by atoms with Gasteiger partial charge in [-0.05, 0) is 31.2 Å². The molecule has 2 rings (SSSR count). The van der Waals surface area contributed by atoms with Crippen molar-refractivity contribution < 1.29 is 14.7 Å². The monoisotopic (exact) mass is 276 g/mol. The van der Waals surface area contributed by atoms with Crippen LogP contribution in [0.4, 0.5) is 0 Å². The van der Waals surface area contributed by atoms with Crippen molar-refractivity contribution in [3.63, 3.8) is 0 Å². The predicted molar refractivity (Wildman–Crippen MR) is 75.1 cm³/mol. The number of nitrogens with zero attached hydrogens (tertiary/aromatic N) is 1. The standard InChI is InChI=1S/C15H20N2O3/c16-13(9-6-11-4-2-1-3-5-11)15(20)17(10-14(18)19)12-7-8-12/h1-5,12-13H,6-10,16H2,(H,18,19)/t13-/m0/s1. The van der Waals surface area contributed by atoms with Gasteiger partial charge in [0.1, 0.15) is 6.54 Å². The van der Waals surface area contributed by atoms with E-state index in [1.807, 2.05) is 30.3 Å². The van der Waals surface area contributed by atoms with Gasteiger partial charge < -0.3 is 15.7 Å². The number of carbonyl (C=O) groups excluding carboxylic acids is 1. The summed E-state index contributed by atoms with van der Waals surface area (Å²) in [5.74, 6) is -1.23. The molecule has 0 spiro atoms. The smallest absolute Gasteiger partial charge is 0.323 e.